The topological polar surface area (TPSA) is 59.0 Å². The number of nitrogens with zero attached hydrogens (tertiary/aromatic N) is 2. The molecule has 6 heteroatoms. The van der Waals surface area contributed by atoms with E-state index in [0.29, 0.717) is 22.2 Å². The van der Waals surface area contributed by atoms with Crippen molar-refractivity contribution in [3.63, 3.8) is 0 Å². The molecule has 29 heavy (non-hydrogen) atoms. The first-order valence-electron chi connectivity index (χ1n) is 9.83. The van der Waals surface area contributed by atoms with E-state index in [4.69, 9.17) is 4.74 Å². The first-order valence-corrected chi connectivity index (χ1v) is 10.7. The van der Waals surface area contributed by atoms with Crippen LogP contribution in [0.5, 0.6) is 5.75 Å². The summed E-state index contributed by atoms with van der Waals surface area (Å²) in [6.07, 6.45) is 1.70. The van der Waals surface area contributed by atoms with E-state index < -0.39 is 6.04 Å². The molecule has 0 aliphatic carbocycles. The third-order valence-electron chi connectivity index (χ3n) is 5.51. The molecule has 2 aromatic carbocycles. The molecule has 1 saturated heterocycles. The SMILES string of the molecule is CCC[C@@H]1SC2=NC(C)=C(C(C)=O)[C@H](c3c(OC)ccc4ccccc34)N2C1=O. The lowest BCUT2D eigenvalue weighted by atomic mass is 9.88. The summed E-state index contributed by atoms with van der Waals surface area (Å²) in [4.78, 5) is 32.5. The van der Waals surface area contributed by atoms with Crippen molar-refractivity contribution in [3.05, 3.63) is 53.2 Å². The van der Waals surface area contributed by atoms with Gasteiger partial charge in [0.05, 0.1) is 18.4 Å². The number of amidine groups is 1. The Morgan fingerprint density at radius 2 is 2.00 bits per heavy atom. The van der Waals surface area contributed by atoms with Crippen LogP contribution in [0.3, 0.4) is 0 Å². The lowest BCUT2D eigenvalue weighted by molar-refractivity contribution is -0.127. The molecule has 2 aromatic rings. The van der Waals surface area contributed by atoms with Gasteiger partial charge in [-0.25, -0.2) is 4.99 Å². The molecule has 2 aliphatic heterocycles. The Hall–Kier alpha value is -2.60. The number of amides is 1. The van der Waals surface area contributed by atoms with Crippen molar-refractivity contribution in [1.82, 2.24) is 4.90 Å². The molecule has 5 nitrogen and oxygen atoms in total. The molecule has 2 aliphatic rings. The second-order valence-electron chi connectivity index (χ2n) is 7.36. The minimum absolute atomic E-state index is 0.0156. The Morgan fingerprint density at radius 1 is 1.24 bits per heavy atom. The highest BCUT2D eigenvalue weighted by Crippen LogP contribution is 2.48. The number of ether oxygens (including phenoxy) is 1. The predicted molar refractivity (Wildman–Crippen MR) is 117 cm³/mol. The van der Waals surface area contributed by atoms with Crippen LogP contribution in [0.1, 0.15) is 45.2 Å². The maximum Gasteiger partial charge on any atom is 0.243 e. The molecule has 0 unspecified atom stereocenters. The average Bonchev–Trinajstić information content (AvgIpc) is 3.01. The Kier molecular flexibility index (Phi) is 5.21. The van der Waals surface area contributed by atoms with Gasteiger partial charge in [0.2, 0.25) is 5.91 Å². The molecule has 0 radical (unpaired) electrons. The third-order valence-corrected chi connectivity index (χ3v) is 6.73. The first kappa shape index (κ1) is 19.7. The molecule has 150 valence electrons. The zero-order valence-corrected chi connectivity index (χ0v) is 17.9. The van der Waals surface area contributed by atoms with E-state index in [9.17, 15) is 9.59 Å². The average molecular weight is 409 g/mol. The van der Waals surface area contributed by atoms with Gasteiger partial charge in [-0.2, -0.15) is 0 Å². The summed E-state index contributed by atoms with van der Waals surface area (Å²) in [5, 5.41) is 2.52. The van der Waals surface area contributed by atoms with Gasteiger partial charge < -0.3 is 4.74 Å². The molecule has 0 saturated carbocycles. The van der Waals surface area contributed by atoms with Crippen molar-refractivity contribution in [3.8, 4) is 5.75 Å². The van der Waals surface area contributed by atoms with E-state index >= 15 is 0 Å². The zero-order chi connectivity index (χ0) is 20.7. The van der Waals surface area contributed by atoms with Crippen molar-refractivity contribution >= 4 is 39.4 Å². The lowest BCUT2D eigenvalue weighted by Crippen LogP contribution is -2.40. The van der Waals surface area contributed by atoms with Crippen LogP contribution >= 0.6 is 11.8 Å². The van der Waals surface area contributed by atoms with E-state index in [1.54, 1.807) is 18.9 Å². The highest BCUT2D eigenvalue weighted by atomic mass is 32.2. The molecule has 4 rings (SSSR count). The number of rotatable bonds is 5. The molecule has 2 atom stereocenters. The summed E-state index contributed by atoms with van der Waals surface area (Å²) in [6.45, 7) is 5.47. The van der Waals surface area contributed by atoms with Gasteiger partial charge in [0.15, 0.2) is 11.0 Å². The predicted octanol–water partition coefficient (Wildman–Crippen LogP) is 4.87. The Morgan fingerprint density at radius 3 is 2.69 bits per heavy atom. The van der Waals surface area contributed by atoms with Gasteiger partial charge in [-0.05, 0) is 37.1 Å². The highest BCUT2D eigenvalue weighted by Gasteiger charge is 2.47. The standard InChI is InChI=1S/C23H24N2O3S/c1-5-8-18-22(27)25-21(19(14(3)26)13(2)24-23(25)29-18)20-16-10-7-6-9-15(16)11-12-17(20)28-4/h6-7,9-12,18,21H,5,8H2,1-4H3/t18-,21+/m0/s1. The van der Waals surface area contributed by atoms with Crippen molar-refractivity contribution in [2.45, 2.75) is 44.9 Å². The van der Waals surface area contributed by atoms with Gasteiger partial charge >= 0.3 is 0 Å². The molecule has 0 spiro atoms. The number of fused-ring (bicyclic) bond motifs is 2. The van der Waals surface area contributed by atoms with Crippen molar-refractivity contribution in [1.29, 1.82) is 0 Å². The number of hydrogen-bond acceptors (Lipinski definition) is 5. The monoisotopic (exact) mass is 408 g/mol. The Balaban J connectivity index is 2.00. The summed E-state index contributed by atoms with van der Waals surface area (Å²) >= 11 is 1.50. The van der Waals surface area contributed by atoms with Crippen LogP contribution in [-0.4, -0.2) is 34.1 Å². The van der Waals surface area contributed by atoms with E-state index in [1.165, 1.54) is 11.8 Å². The molecular formula is C23H24N2O3S. The van der Waals surface area contributed by atoms with Crippen LogP contribution in [0.2, 0.25) is 0 Å². The quantitative estimate of drug-likeness (QED) is 0.708. The van der Waals surface area contributed by atoms with Crippen LogP contribution in [-0.2, 0) is 9.59 Å². The number of carbonyl (C=O) groups is 2. The van der Waals surface area contributed by atoms with Gasteiger partial charge in [-0.3, -0.25) is 14.5 Å². The number of aliphatic imine (C=N–C) groups is 1. The van der Waals surface area contributed by atoms with E-state index in [0.717, 1.165) is 29.2 Å². The summed E-state index contributed by atoms with van der Waals surface area (Å²) < 4.78 is 5.71. The fourth-order valence-corrected chi connectivity index (χ4v) is 5.55. The highest BCUT2D eigenvalue weighted by molar-refractivity contribution is 8.15. The normalized spacial score (nSPS) is 21.4. The van der Waals surface area contributed by atoms with Crippen molar-refractivity contribution < 1.29 is 14.3 Å². The first-order chi connectivity index (χ1) is 14.0. The number of methoxy groups -OCH3 is 1. The van der Waals surface area contributed by atoms with Gasteiger partial charge in [0, 0.05) is 16.8 Å². The second-order valence-corrected chi connectivity index (χ2v) is 8.53. The number of thioether (sulfide) groups is 1. The van der Waals surface area contributed by atoms with Crippen molar-refractivity contribution in [2.24, 2.45) is 4.99 Å². The number of ketones is 1. The van der Waals surface area contributed by atoms with Gasteiger partial charge in [0.1, 0.15) is 5.75 Å². The number of carbonyl (C=O) groups excluding carboxylic acids is 2. The fourth-order valence-electron chi connectivity index (χ4n) is 4.23. The Bertz CT molecular complexity index is 1070. The number of allylic oxidation sites excluding steroid dienone is 1. The third kappa shape index (κ3) is 3.15. The van der Waals surface area contributed by atoms with Crippen LogP contribution in [0.25, 0.3) is 10.8 Å². The van der Waals surface area contributed by atoms with Gasteiger partial charge in [-0.1, -0.05) is 55.4 Å². The van der Waals surface area contributed by atoms with Gasteiger partial charge in [0.25, 0.3) is 0 Å². The van der Waals surface area contributed by atoms with E-state index in [1.807, 2.05) is 43.3 Å². The number of hydrogen-bond donors (Lipinski definition) is 0. The molecule has 0 aromatic heterocycles. The van der Waals surface area contributed by atoms with Crippen LogP contribution in [0, 0.1) is 0 Å². The van der Waals surface area contributed by atoms with Crippen LogP contribution in [0.4, 0.5) is 0 Å². The van der Waals surface area contributed by atoms with Gasteiger partial charge in [-0.15, -0.1) is 0 Å². The molecule has 0 bridgehead atoms. The summed E-state index contributed by atoms with van der Waals surface area (Å²) in [5.74, 6) is 0.599. The van der Waals surface area contributed by atoms with E-state index in [2.05, 4.69) is 11.9 Å². The minimum atomic E-state index is -0.539. The summed E-state index contributed by atoms with van der Waals surface area (Å²) in [7, 11) is 1.62. The molecule has 2 heterocycles. The fraction of sp³-hybridized carbons (Fsp3) is 0.348. The molecule has 1 amide bonds. The van der Waals surface area contributed by atoms with Crippen molar-refractivity contribution in [2.75, 3.05) is 7.11 Å². The molecular weight excluding hydrogens is 384 g/mol. The number of Topliss-reactive ketones (excluding diaryl/α,β-unsaturated/α-hetero) is 1. The Labute approximate surface area is 174 Å². The lowest BCUT2D eigenvalue weighted by Gasteiger charge is -2.34. The maximum atomic E-state index is 13.4. The smallest absolute Gasteiger partial charge is 0.243 e. The molecule has 0 N–H and O–H groups in total. The van der Waals surface area contributed by atoms with E-state index in [-0.39, 0.29) is 16.9 Å². The minimum Gasteiger partial charge on any atom is -0.496 e. The second kappa shape index (κ2) is 7.67. The largest absolute Gasteiger partial charge is 0.496 e. The van der Waals surface area contributed by atoms with Crippen LogP contribution < -0.4 is 4.74 Å². The molecule has 1 fully saturated rings. The number of benzene rings is 2. The maximum absolute atomic E-state index is 13.4. The summed E-state index contributed by atoms with van der Waals surface area (Å²) in [5.41, 5.74) is 2.06. The zero-order valence-electron chi connectivity index (χ0n) is 17.1. The van der Waals surface area contributed by atoms with Crippen LogP contribution in [0.15, 0.2) is 52.7 Å². The summed E-state index contributed by atoms with van der Waals surface area (Å²) in [6, 6.07) is 11.4.